The van der Waals surface area contributed by atoms with Crippen molar-refractivity contribution in [2.24, 2.45) is 5.84 Å². The van der Waals surface area contributed by atoms with E-state index in [1.165, 1.54) is 6.07 Å². The topological polar surface area (TPSA) is 74.7 Å². The first-order valence-electron chi connectivity index (χ1n) is 4.99. The molecule has 1 aromatic carbocycles. The second-order valence-electron chi connectivity index (χ2n) is 3.48. The maximum atomic E-state index is 13.1. The Kier molecular flexibility index (Phi) is 3.55. The van der Waals surface area contributed by atoms with Crippen LogP contribution in [0.4, 0.5) is 10.2 Å². The molecule has 2 aromatic rings. The molecule has 0 amide bonds. The average molecular weight is 307 g/mol. The quantitative estimate of drug-likeness (QED) is 0.661. The molecule has 0 atom stereocenters. The van der Waals surface area contributed by atoms with Gasteiger partial charge in [-0.1, -0.05) is 0 Å². The van der Waals surface area contributed by atoms with E-state index in [0.29, 0.717) is 15.7 Å². The number of nitriles is 1. The van der Waals surface area contributed by atoms with Crippen molar-refractivity contribution >= 4 is 21.7 Å². The molecule has 0 spiro atoms. The summed E-state index contributed by atoms with van der Waals surface area (Å²) < 4.78 is 13.5. The van der Waals surface area contributed by atoms with E-state index < -0.39 is 0 Å². The Balaban J connectivity index is 2.51. The van der Waals surface area contributed by atoms with Crippen LogP contribution in [0.15, 0.2) is 34.8 Å². The number of hydrogen-bond acceptors (Lipinski definition) is 4. The molecule has 0 saturated carbocycles. The van der Waals surface area contributed by atoms with E-state index in [-0.39, 0.29) is 11.6 Å². The van der Waals surface area contributed by atoms with E-state index in [1.807, 2.05) is 6.07 Å². The van der Waals surface area contributed by atoms with Gasteiger partial charge in [0, 0.05) is 5.56 Å². The Morgan fingerprint density at radius 1 is 1.33 bits per heavy atom. The van der Waals surface area contributed by atoms with Crippen molar-refractivity contribution in [3.8, 4) is 17.3 Å². The van der Waals surface area contributed by atoms with Crippen LogP contribution in [0, 0.1) is 17.1 Å². The van der Waals surface area contributed by atoms with Gasteiger partial charge >= 0.3 is 0 Å². The molecule has 1 aromatic heterocycles. The number of hydrazine groups is 1. The number of hydrogen-bond donors (Lipinski definition) is 2. The molecule has 0 bridgehead atoms. The van der Waals surface area contributed by atoms with Gasteiger partial charge in [0.2, 0.25) is 0 Å². The fourth-order valence-electron chi connectivity index (χ4n) is 1.48. The van der Waals surface area contributed by atoms with Crippen molar-refractivity contribution in [3.05, 3.63) is 46.2 Å². The number of halogens is 2. The van der Waals surface area contributed by atoms with Gasteiger partial charge in [-0.3, -0.25) is 0 Å². The van der Waals surface area contributed by atoms with E-state index in [4.69, 9.17) is 11.1 Å². The number of benzene rings is 1. The summed E-state index contributed by atoms with van der Waals surface area (Å²) in [6, 6.07) is 9.82. The van der Waals surface area contributed by atoms with Gasteiger partial charge in [0.25, 0.3) is 0 Å². The van der Waals surface area contributed by atoms with Gasteiger partial charge in [0.05, 0.1) is 15.7 Å². The number of nitrogen functional groups attached to an aromatic ring is 1. The van der Waals surface area contributed by atoms with Crippen LogP contribution >= 0.6 is 15.9 Å². The van der Waals surface area contributed by atoms with Crippen molar-refractivity contribution < 1.29 is 4.39 Å². The lowest BCUT2D eigenvalue weighted by molar-refractivity contribution is 0.621. The molecular formula is C12H8BrFN4. The minimum absolute atomic E-state index is 0.287. The maximum Gasteiger partial charge on any atom is 0.158 e. The molecule has 0 saturated heterocycles. The summed E-state index contributed by atoms with van der Waals surface area (Å²) in [5, 5.41) is 8.85. The molecular weight excluding hydrogens is 299 g/mol. The highest BCUT2D eigenvalue weighted by Gasteiger charge is 2.07. The molecule has 0 aliphatic heterocycles. The standard InChI is InChI=1S/C12H8BrFN4/c13-9-5-7(1-3-10(9)14)11-4-2-8(6-15)12(17-11)18-16/h1-5H,16H2,(H,17,18). The van der Waals surface area contributed by atoms with Gasteiger partial charge in [-0.25, -0.2) is 15.2 Å². The molecule has 0 aliphatic rings. The first-order chi connectivity index (χ1) is 8.65. The van der Waals surface area contributed by atoms with E-state index in [2.05, 4.69) is 26.3 Å². The second kappa shape index (κ2) is 5.12. The predicted octanol–water partition coefficient (Wildman–Crippen LogP) is 2.81. The van der Waals surface area contributed by atoms with Gasteiger partial charge in [-0.2, -0.15) is 5.26 Å². The van der Waals surface area contributed by atoms with E-state index >= 15 is 0 Å². The zero-order chi connectivity index (χ0) is 13.1. The number of nitrogens with zero attached hydrogens (tertiary/aromatic N) is 2. The zero-order valence-corrected chi connectivity index (χ0v) is 10.7. The number of rotatable bonds is 2. The number of nitrogens with two attached hydrogens (primary N) is 1. The maximum absolute atomic E-state index is 13.1. The van der Waals surface area contributed by atoms with Crippen molar-refractivity contribution in [2.75, 3.05) is 5.43 Å². The van der Waals surface area contributed by atoms with Crippen LogP contribution in [0.5, 0.6) is 0 Å². The Morgan fingerprint density at radius 3 is 2.72 bits per heavy atom. The SMILES string of the molecule is N#Cc1ccc(-c2ccc(F)c(Br)c2)nc1NN. The molecule has 0 unspecified atom stereocenters. The second-order valence-corrected chi connectivity index (χ2v) is 4.33. The largest absolute Gasteiger partial charge is 0.307 e. The molecule has 0 aliphatic carbocycles. The fourth-order valence-corrected chi connectivity index (χ4v) is 1.85. The van der Waals surface area contributed by atoms with E-state index in [0.717, 1.165) is 5.56 Å². The third-order valence-corrected chi connectivity index (χ3v) is 2.98. The van der Waals surface area contributed by atoms with Crippen molar-refractivity contribution in [3.63, 3.8) is 0 Å². The highest BCUT2D eigenvalue weighted by atomic mass is 79.9. The van der Waals surface area contributed by atoms with Crippen molar-refractivity contribution in [2.45, 2.75) is 0 Å². The van der Waals surface area contributed by atoms with Crippen LogP contribution in [0.1, 0.15) is 5.56 Å². The Hall–Kier alpha value is -1.97. The van der Waals surface area contributed by atoms with Crippen LogP contribution in [-0.2, 0) is 0 Å². The fraction of sp³-hybridized carbons (Fsp3) is 0. The summed E-state index contributed by atoms with van der Waals surface area (Å²) in [5.74, 6) is 5.24. The lowest BCUT2D eigenvalue weighted by Gasteiger charge is -2.06. The molecule has 3 N–H and O–H groups in total. The lowest BCUT2D eigenvalue weighted by Crippen LogP contribution is -2.10. The third-order valence-electron chi connectivity index (χ3n) is 2.37. The molecule has 6 heteroatoms. The van der Waals surface area contributed by atoms with E-state index in [9.17, 15) is 4.39 Å². The lowest BCUT2D eigenvalue weighted by atomic mass is 10.1. The summed E-state index contributed by atoms with van der Waals surface area (Å²) in [4.78, 5) is 4.20. The predicted molar refractivity (Wildman–Crippen MR) is 69.9 cm³/mol. The Bertz CT molecular complexity index is 636. The van der Waals surface area contributed by atoms with Crippen molar-refractivity contribution in [1.82, 2.24) is 4.98 Å². The number of anilines is 1. The summed E-state index contributed by atoms with van der Waals surface area (Å²) >= 11 is 3.11. The highest BCUT2D eigenvalue weighted by Crippen LogP contribution is 2.25. The molecule has 1 heterocycles. The minimum Gasteiger partial charge on any atom is -0.307 e. The number of pyridine rings is 1. The first-order valence-corrected chi connectivity index (χ1v) is 5.78. The van der Waals surface area contributed by atoms with E-state index in [1.54, 1.807) is 24.3 Å². The van der Waals surface area contributed by atoms with Crippen LogP contribution < -0.4 is 11.3 Å². The third kappa shape index (κ3) is 2.32. The molecule has 0 radical (unpaired) electrons. The molecule has 4 nitrogen and oxygen atoms in total. The zero-order valence-electron chi connectivity index (χ0n) is 9.11. The normalized spacial score (nSPS) is 9.89. The Morgan fingerprint density at radius 2 is 2.11 bits per heavy atom. The van der Waals surface area contributed by atoms with Gasteiger partial charge in [-0.05, 0) is 46.3 Å². The van der Waals surface area contributed by atoms with Gasteiger partial charge in [-0.15, -0.1) is 0 Å². The van der Waals surface area contributed by atoms with Crippen LogP contribution in [0.2, 0.25) is 0 Å². The van der Waals surface area contributed by atoms with Crippen LogP contribution in [0.25, 0.3) is 11.3 Å². The summed E-state index contributed by atoms with van der Waals surface area (Å²) in [7, 11) is 0. The van der Waals surface area contributed by atoms with Gasteiger partial charge in [0.1, 0.15) is 11.9 Å². The number of nitrogens with one attached hydrogen (secondary N) is 1. The van der Waals surface area contributed by atoms with Crippen LogP contribution in [-0.4, -0.2) is 4.98 Å². The average Bonchev–Trinajstić information content (AvgIpc) is 2.41. The van der Waals surface area contributed by atoms with Gasteiger partial charge in [0.15, 0.2) is 5.82 Å². The summed E-state index contributed by atoms with van der Waals surface area (Å²) in [5.41, 5.74) is 4.04. The molecule has 2 rings (SSSR count). The van der Waals surface area contributed by atoms with Gasteiger partial charge < -0.3 is 5.43 Å². The van der Waals surface area contributed by atoms with Crippen LogP contribution in [0.3, 0.4) is 0 Å². The molecule has 0 fully saturated rings. The molecule has 18 heavy (non-hydrogen) atoms. The smallest absolute Gasteiger partial charge is 0.158 e. The number of aromatic nitrogens is 1. The summed E-state index contributed by atoms with van der Waals surface area (Å²) in [6.07, 6.45) is 0. The first kappa shape index (κ1) is 12.5. The van der Waals surface area contributed by atoms with Crippen molar-refractivity contribution in [1.29, 1.82) is 5.26 Å². The Labute approximate surface area is 111 Å². The monoisotopic (exact) mass is 306 g/mol. The minimum atomic E-state index is -0.343. The summed E-state index contributed by atoms with van der Waals surface area (Å²) in [6.45, 7) is 0. The molecule has 90 valence electrons. The highest BCUT2D eigenvalue weighted by molar-refractivity contribution is 9.10.